The van der Waals surface area contributed by atoms with E-state index in [4.69, 9.17) is 4.74 Å². The highest BCUT2D eigenvalue weighted by molar-refractivity contribution is 7.90. The van der Waals surface area contributed by atoms with Gasteiger partial charge in [-0.2, -0.15) is 26.3 Å². The molecule has 1 aliphatic carbocycles. The standard InChI is InChI=1S/C26H25F6NO4S/c1-17-3-5-18(6-4-17)19-15-23(34)33(38(35,36)22-11-12-22)24(16-19,26(30,31)32)20-7-9-21(10-8-20)37-14-2-13-25(27,28)29/h3-10,15,22H,2,11-14,16H2,1H3. The van der Waals surface area contributed by atoms with Crippen LogP contribution < -0.4 is 4.74 Å². The van der Waals surface area contributed by atoms with E-state index in [9.17, 15) is 26.4 Å². The van der Waals surface area contributed by atoms with Crippen molar-refractivity contribution in [3.63, 3.8) is 0 Å². The van der Waals surface area contributed by atoms with Crippen molar-refractivity contribution in [2.45, 2.75) is 62.2 Å². The van der Waals surface area contributed by atoms with Crippen LogP contribution in [0.1, 0.15) is 48.8 Å². The summed E-state index contributed by atoms with van der Waals surface area (Å²) in [5.74, 6) is -1.27. The number of halogens is 6. The minimum Gasteiger partial charge on any atom is -0.494 e. The number of sulfonamides is 1. The lowest BCUT2D eigenvalue weighted by Gasteiger charge is -2.46. The van der Waals surface area contributed by atoms with Gasteiger partial charge in [-0.05, 0) is 55.0 Å². The van der Waals surface area contributed by atoms with Crippen LogP contribution in [0.2, 0.25) is 0 Å². The van der Waals surface area contributed by atoms with Crippen LogP contribution in [0.5, 0.6) is 5.75 Å². The first kappa shape index (κ1) is 28.0. The molecule has 1 aliphatic heterocycles. The summed E-state index contributed by atoms with van der Waals surface area (Å²) >= 11 is 0. The third kappa shape index (κ3) is 5.55. The van der Waals surface area contributed by atoms with E-state index >= 15 is 13.2 Å². The summed E-state index contributed by atoms with van der Waals surface area (Å²) in [4.78, 5) is 13.2. The van der Waals surface area contributed by atoms with Crippen LogP contribution in [-0.4, -0.2) is 42.8 Å². The van der Waals surface area contributed by atoms with Gasteiger partial charge in [-0.25, -0.2) is 12.7 Å². The van der Waals surface area contributed by atoms with Crippen molar-refractivity contribution >= 4 is 21.5 Å². The maximum absolute atomic E-state index is 15.1. The Morgan fingerprint density at radius 3 is 2.11 bits per heavy atom. The summed E-state index contributed by atoms with van der Waals surface area (Å²) in [6, 6.07) is 10.8. The van der Waals surface area contributed by atoms with Gasteiger partial charge in [0, 0.05) is 18.9 Å². The van der Waals surface area contributed by atoms with Crippen molar-refractivity contribution in [2.24, 2.45) is 0 Å². The van der Waals surface area contributed by atoms with Crippen molar-refractivity contribution in [1.82, 2.24) is 4.31 Å². The molecule has 1 heterocycles. The second kappa shape index (κ2) is 9.94. The molecule has 5 nitrogen and oxygen atoms in total. The Balaban J connectivity index is 1.76. The van der Waals surface area contributed by atoms with Crippen molar-refractivity contribution < 1.29 is 44.3 Å². The number of alkyl halides is 6. The number of ether oxygens (including phenoxy) is 1. The molecule has 4 rings (SSSR count). The van der Waals surface area contributed by atoms with Gasteiger partial charge < -0.3 is 4.74 Å². The molecule has 1 amide bonds. The van der Waals surface area contributed by atoms with Gasteiger partial charge in [0.2, 0.25) is 10.0 Å². The molecular weight excluding hydrogens is 536 g/mol. The van der Waals surface area contributed by atoms with Crippen molar-refractivity contribution in [2.75, 3.05) is 6.61 Å². The molecule has 206 valence electrons. The first-order chi connectivity index (χ1) is 17.6. The molecule has 0 bridgehead atoms. The minimum atomic E-state index is -5.20. The largest absolute Gasteiger partial charge is 0.494 e. The number of hydrogen-bond acceptors (Lipinski definition) is 4. The molecule has 0 N–H and O–H groups in total. The summed E-state index contributed by atoms with van der Waals surface area (Å²) in [6.45, 7) is 1.48. The van der Waals surface area contributed by atoms with E-state index in [0.29, 0.717) is 5.56 Å². The molecule has 38 heavy (non-hydrogen) atoms. The van der Waals surface area contributed by atoms with E-state index in [1.54, 1.807) is 31.2 Å². The summed E-state index contributed by atoms with van der Waals surface area (Å²) in [5, 5.41) is -1.08. The fourth-order valence-corrected chi connectivity index (χ4v) is 6.53. The molecular formula is C26H25F6NO4S. The van der Waals surface area contributed by atoms with Crippen LogP contribution in [0.15, 0.2) is 54.6 Å². The Kier molecular flexibility index (Phi) is 7.32. The summed E-state index contributed by atoms with van der Waals surface area (Å²) in [6.07, 6.45) is -10.6. The molecule has 2 aliphatic rings. The van der Waals surface area contributed by atoms with Crippen LogP contribution in [0.4, 0.5) is 26.3 Å². The van der Waals surface area contributed by atoms with Gasteiger partial charge in [-0.3, -0.25) is 4.79 Å². The molecule has 1 saturated carbocycles. The van der Waals surface area contributed by atoms with Crippen LogP contribution in [-0.2, 0) is 20.4 Å². The van der Waals surface area contributed by atoms with E-state index in [1.165, 1.54) is 0 Å². The van der Waals surface area contributed by atoms with Crippen LogP contribution >= 0.6 is 0 Å². The van der Waals surface area contributed by atoms with E-state index < -0.39 is 57.5 Å². The molecule has 12 heteroatoms. The highest BCUT2D eigenvalue weighted by atomic mass is 32.2. The molecule has 0 radical (unpaired) electrons. The van der Waals surface area contributed by atoms with Gasteiger partial charge in [-0.15, -0.1) is 0 Å². The third-order valence-corrected chi connectivity index (χ3v) is 8.90. The Hall–Kier alpha value is -3.02. The number of hydrogen-bond donors (Lipinski definition) is 0. The Labute approximate surface area is 216 Å². The van der Waals surface area contributed by atoms with Gasteiger partial charge in [0.15, 0.2) is 5.54 Å². The van der Waals surface area contributed by atoms with E-state index in [1.807, 2.05) is 0 Å². The van der Waals surface area contributed by atoms with Gasteiger partial charge in [0.1, 0.15) is 5.75 Å². The van der Waals surface area contributed by atoms with Gasteiger partial charge >= 0.3 is 12.4 Å². The van der Waals surface area contributed by atoms with Crippen LogP contribution in [0.25, 0.3) is 5.57 Å². The highest BCUT2D eigenvalue weighted by Crippen LogP contribution is 2.54. The Morgan fingerprint density at radius 1 is 0.974 bits per heavy atom. The van der Waals surface area contributed by atoms with Crippen LogP contribution in [0, 0.1) is 6.92 Å². The Morgan fingerprint density at radius 2 is 1.58 bits per heavy atom. The summed E-state index contributed by atoms with van der Waals surface area (Å²) in [5.41, 5.74) is -2.49. The predicted octanol–water partition coefficient (Wildman–Crippen LogP) is 6.28. The number of carbonyl (C=O) groups is 1. The molecule has 1 atom stereocenters. The first-order valence-electron chi connectivity index (χ1n) is 11.9. The summed E-state index contributed by atoms with van der Waals surface area (Å²) < 4.78 is 114. The quantitative estimate of drug-likeness (QED) is 0.281. The average molecular weight is 562 g/mol. The zero-order valence-electron chi connectivity index (χ0n) is 20.3. The highest BCUT2D eigenvalue weighted by Gasteiger charge is 2.67. The fourth-order valence-electron chi connectivity index (χ4n) is 4.49. The monoisotopic (exact) mass is 561 g/mol. The zero-order valence-corrected chi connectivity index (χ0v) is 21.1. The molecule has 0 aromatic heterocycles. The molecule has 1 unspecified atom stereocenters. The van der Waals surface area contributed by atoms with E-state index in [-0.39, 0.29) is 41.5 Å². The number of carbonyl (C=O) groups excluding carboxylic acids is 1. The van der Waals surface area contributed by atoms with Gasteiger partial charge in [0.25, 0.3) is 5.91 Å². The number of nitrogens with zero attached hydrogens (tertiary/aromatic N) is 1. The minimum absolute atomic E-state index is 0.0151. The van der Waals surface area contributed by atoms with Crippen LogP contribution in [0.3, 0.4) is 0 Å². The zero-order chi connectivity index (χ0) is 27.9. The van der Waals surface area contributed by atoms with Crippen molar-refractivity contribution in [3.8, 4) is 5.75 Å². The second-order valence-corrected chi connectivity index (χ2v) is 11.6. The molecule has 2 aromatic carbocycles. The topological polar surface area (TPSA) is 63.7 Å². The molecule has 1 fully saturated rings. The third-order valence-electron chi connectivity index (χ3n) is 6.59. The smallest absolute Gasteiger partial charge is 0.417 e. The summed E-state index contributed by atoms with van der Waals surface area (Å²) in [7, 11) is -4.65. The predicted molar refractivity (Wildman–Crippen MR) is 128 cm³/mol. The van der Waals surface area contributed by atoms with E-state index in [2.05, 4.69) is 0 Å². The fraction of sp³-hybridized carbons (Fsp3) is 0.423. The van der Waals surface area contributed by atoms with E-state index in [0.717, 1.165) is 35.9 Å². The second-order valence-electron chi connectivity index (χ2n) is 9.51. The van der Waals surface area contributed by atoms with Gasteiger partial charge in [0.05, 0.1) is 11.9 Å². The molecule has 0 spiro atoms. The lowest BCUT2D eigenvalue weighted by molar-refractivity contribution is -0.221. The number of amides is 1. The number of rotatable bonds is 8. The normalized spacial score (nSPS) is 20.9. The molecule has 2 aromatic rings. The van der Waals surface area contributed by atoms with Gasteiger partial charge in [-0.1, -0.05) is 42.0 Å². The number of benzene rings is 2. The molecule has 0 saturated heterocycles. The average Bonchev–Trinajstić information content (AvgIpc) is 3.67. The van der Waals surface area contributed by atoms with Crippen molar-refractivity contribution in [3.05, 3.63) is 71.3 Å². The Bertz CT molecular complexity index is 1310. The maximum Gasteiger partial charge on any atom is 0.417 e. The lowest BCUT2D eigenvalue weighted by atomic mass is 9.78. The van der Waals surface area contributed by atoms with Crippen molar-refractivity contribution in [1.29, 1.82) is 0 Å². The first-order valence-corrected chi connectivity index (χ1v) is 13.4. The lowest BCUT2D eigenvalue weighted by Crippen LogP contribution is -2.62. The SMILES string of the molecule is Cc1ccc(C2=CC(=O)N(S(=O)(=O)C3CC3)C(c3ccc(OCCCC(F)(F)F)cc3)(C(F)(F)F)C2)cc1. The number of aryl methyl sites for hydroxylation is 1. The maximum atomic E-state index is 15.1.